The maximum absolute atomic E-state index is 14.2. The molecule has 0 unspecified atom stereocenters. The predicted octanol–water partition coefficient (Wildman–Crippen LogP) is 3.82. The van der Waals surface area contributed by atoms with E-state index in [4.69, 9.17) is 9.84 Å². The lowest BCUT2D eigenvalue weighted by Crippen LogP contribution is -2.40. The fourth-order valence-corrected chi connectivity index (χ4v) is 2.37. The first-order chi connectivity index (χ1) is 13.4. The van der Waals surface area contributed by atoms with E-state index in [0.29, 0.717) is 12.1 Å². The minimum atomic E-state index is -1.35. The number of nitro groups is 1. The van der Waals surface area contributed by atoms with Crippen LogP contribution in [0, 0.1) is 21.7 Å². The van der Waals surface area contributed by atoms with Crippen LogP contribution in [0.2, 0.25) is 0 Å². The van der Waals surface area contributed by atoms with Gasteiger partial charge in [0, 0.05) is 28.8 Å². The fourth-order valence-electron chi connectivity index (χ4n) is 2.37. The Labute approximate surface area is 164 Å². The van der Waals surface area contributed by atoms with Crippen LogP contribution in [0.15, 0.2) is 30.3 Å². The highest BCUT2D eigenvalue weighted by Crippen LogP contribution is 2.34. The average molecular weight is 408 g/mol. The molecule has 8 nitrogen and oxygen atoms in total. The highest BCUT2D eigenvalue weighted by molar-refractivity contribution is 5.95. The van der Waals surface area contributed by atoms with E-state index in [-0.39, 0.29) is 5.56 Å². The van der Waals surface area contributed by atoms with Crippen LogP contribution in [0.25, 0.3) is 0 Å². The second-order valence-electron chi connectivity index (χ2n) is 7.19. The van der Waals surface area contributed by atoms with Crippen molar-refractivity contribution in [2.45, 2.75) is 32.7 Å². The van der Waals surface area contributed by atoms with Gasteiger partial charge < -0.3 is 15.2 Å². The molecule has 10 heteroatoms. The van der Waals surface area contributed by atoms with Gasteiger partial charge in [-0.1, -0.05) is 0 Å². The second-order valence-corrected chi connectivity index (χ2v) is 7.19. The summed E-state index contributed by atoms with van der Waals surface area (Å²) in [6.45, 7) is 5.21. The minimum absolute atomic E-state index is 0.0116. The van der Waals surface area contributed by atoms with E-state index in [2.05, 4.69) is 5.32 Å². The third-order valence-corrected chi connectivity index (χ3v) is 3.57. The standard InChI is InChI=1S/C19H18F2N2O6/c1-19(2,3)22-18(26)10-4-5-15(14(7-10)23(27)28)29-16-9-12(20)11(6-13(16)21)8-17(24)25/h4-7,9H,8H2,1-3H3,(H,22,26)(H,24,25). The average Bonchev–Trinajstić information content (AvgIpc) is 2.57. The number of carboxylic acid groups (broad SMARTS) is 1. The molecule has 0 radical (unpaired) electrons. The Morgan fingerprint density at radius 3 is 2.34 bits per heavy atom. The Morgan fingerprint density at radius 1 is 1.14 bits per heavy atom. The van der Waals surface area contributed by atoms with Crippen LogP contribution < -0.4 is 10.1 Å². The van der Waals surface area contributed by atoms with E-state index < -0.39 is 63.1 Å². The number of nitrogens with one attached hydrogen (secondary N) is 1. The summed E-state index contributed by atoms with van der Waals surface area (Å²) < 4.78 is 33.3. The Morgan fingerprint density at radius 2 is 1.79 bits per heavy atom. The summed E-state index contributed by atoms with van der Waals surface area (Å²) in [4.78, 5) is 33.4. The maximum atomic E-state index is 14.2. The maximum Gasteiger partial charge on any atom is 0.312 e. The zero-order chi connectivity index (χ0) is 21.9. The van der Waals surface area contributed by atoms with Crippen molar-refractivity contribution in [1.29, 1.82) is 0 Å². The van der Waals surface area contributed by atoms with Crippen molar-refractivity contribution in [2.75, 3.05) is 0 Å². The van der Waals surface area contributed by atoms with Crippen LogP contribution in [0.5, 0.6) is 11.5 Å². The van der Waals surface area contributed by atoms with Gasteiger partial charge in [-0.3, -0.25) is 19.7 Å². The summed E-state index contributed by atoms with van der Waals surface area (Å²) in [6.07, 6.45) is -0.735. The summed E-state index contributed by atoms with van der Waals surface area (Å²) in [6, 6.07) is 4.56. The highest BCUT2D eigenvalue weighted by atomic mass is 19.1. The van der Waals surface area contributed by atoms with Crippen LogP contribution in [0.1, 0.15) is 36.7 Å². The van der Waals surface area contributed by atoms with Crippen LogP contribution in [-0.4, -0.2) is 27.4 Å². The molecule has 154 valence electrons. The van der Waals surface area contributed by atoms with Gasteiger partial charge in [0.25, 0.3) is 5.91 Å². The van der Waals surface area contributed by atoms with E-state index in [9.17, 15) is 28.5 Å². The van der Waals surface area contributed by atoms with E-state index in [1.165, 1.54) is 6.07 Å². The van der Waals surface area contributed by atoms with Gasteiger partial charge in [-0.25, -0.2) is 8.78 Å². The molecule has 0 spiro atoms. The Hall–Kier alpha value is -3.56. The van der Waals surface area contributed by atoms with E-state index >= 15 is 0 Å². The minimum Gasteiger partial charge on any atom is -0.481 e. The van der Waals surface area contributed by atoms with Gasteiger partial charge in [0.1, 0.15) is 5.82 Å². The zero-order valence-corrected chi connectivity index (χ0v) is 15.8. The van der Waals surface area contributed by atoms with Gasteiger partial charge in [0.2, 0.25) is 5.75 Å². The van der Waals surface area contributed by atoms with Crippen LogP contribution in [0.4, 0.5) is 14.5 Å². The van der Waals surface area contributed by atoms with Gasteiger partial charge >= 0.3 is 11.7 Å². The van der Waals surface area contributed by atoms with Crippen molar-refractivity contribution < 1.29 is 33.1 Å². The van der Waals surface area contributed by atoms with Crippen molar-refractivity contribution in [3.63, 3.8) is 0 Å². The number of ether oxygens (including phenoxy) is 1. The first-order valence-corrected chi connectivity index (χ1v) is 8.36. The fraction of sp³-hybridized carbons (Fsp3) is 0.263. The van der Waals surface area contributed by atoms with Gasteiger partial charge in [-0.05, 0) is 39.0 Å². The Kier molecular flexibility index (Phi) is 6.15. The Bertz CT molecular complexity index is 985. The molecule has 2 rings (SSSR count). The molecule has 0 aromatic heterocycles. The lowest BCUT2D eigenvalue weighted by atomic mass is 10.1. The topological polar surface area (TPSA) is 119 Å². The molecule has 1 amide bonds. The molecule has 29 heavy (non-hydrogen) atoms. The molecule has 0 heterocycles. The molecule has 0 atom stereocenters. The number of carbonyl (C=O) groups is 2. The first-order valence-electron chi connectivity index (χ1n) is 8.36. The third-order valence-electron chi connectivity index (χ3n) is 3.57. The van der Waals surface area contributed by atoms with E-state index in [0.717, 1.165) is 12.1 Å². The number of hydrogen-bond donors (Lipinski definition) is 2. The predicted molar refractivity (Wildman–Crippen MR) is 98.1 cm³/mol. The molecule has 0 saturated carbocycles. The monoisotopic (exact) mass is 408 g/mol. The highest BCUT2D eigenvalue weighted by Gasteiger charge is 2.23. The smallest absolute Gasteiger partial charge is 0.312 e. The van der Waals surface area contributed by atoms with Crippen molar-refractivity contribution >= 4 is 17.6 Å². The number of nitro benzene ring substituents is 1. The van der Waals surface area contributed by atoms with Gasteiger partial charge in [-0.2, -0.15) is 0 Å². The van der Waals surface area contributed by atoms with E-state index in [1.807, 2.05) is 0 Å². The SMILES string of the molecule is CC(C)(C)NC(=O)c1ccc(Oc2cc(F)c(CC(=O)O)cc2F)c([N+](=O)[O-])c1. The molecule has 0 aliphatic heterocycles. The molecular formula is C19H18F2N2O6. The summed E-state index contributed by atoms with van der Waals surface area (Å²) in [7, 11) is 0. The number of hydrogen-bond acceptors (Lipinski definition) is 5. The quantitative estimate of drug-likeness (QED) is 0.554. The van der Waals surface area contributed by atoms with Crippen molar-refractivity contribution in [1.82, 2.24) is 5.32 Å². The van der Waals surface area contributed by atoms with Crippen LogP contribution >= 0.6 is 0 Å². The number of nitrogens with zero attached hydrogens (tertiary/aromatic N) is 1. The number of aliphatic carboxylic acids is 1. The van der Waals surface area contributed by atoms with E-state index in [1.54, 1.807) is 20.8 Å². The molecule has 2 N–H and O–H groups in total. The molecule has 0 saturated heterocycles. The molecule has 0 bridgehead atoms. The normalized spacial score (nSPS) is 11.1. The number of amides is 1. The van der Waals surface area contributed by atoms with Crippen molar-refractivity contribution in [2.24, 2.45) is 0 Å². The number of halogens is 2. The second kappa shape index (κ2) is 8.21. The molecule has 0 fully saturated rings. The van der Waals surface area contributed by atoms with Crippen molar-refractivity contribution in [3.05, 3.63) is 63.2 Å². The zero-order valence-electron chi connectivity index (χ0n) is 15.8. The number of benzene rings is 2. The summed E-state index contributed by atoms with van der Waals surface area (Å²) >= 11 is 0. The summed E-state index contributed by atoms with van der Waals surface area (Å²) in [5.74, 6) is -5.10. The Balaban J connectivity index is 2.38. The van der Waals surface area contributed by atoms with Gasteiger partial charge in [0.15, 0.2) is 11.6 Å². The lowest BCUT2D eigenvalue weighted by molar-refractivity contribution is -0.385. The lowest BCUT2D eigenvalue weighted by Gasteiger charge is -2.20. The summed E-state index contributed by atoms with van der Waals surface area (Å²) in [5.41, 5.74) is -1.60. The molecule has 2 aromatic carbocycles. The molecule has 2 aromatic rings. The molecule has 0 aliphatic rings. The van der Waals surface area contributed by atoms with Crippen molar-refractivity contribution in [3.8, 4) is 11.5 Å². The van der Waals surface area contributed by atoms with Gasteiger partial charge in [0.05, 0.1) is 11.3 Å². The molecule has 0 aliphatic carbocycles. The van der Waals surface area contributed by atoms with Crippen LogP contribution in [0.3, 0.4) is 0 Å². The number of rotatable bonds is 6. The largest absolute Gasteiger partial charge is 0.481 e. The van der Waals surface area contributed by atoms with Crippen LogP contribution in [-0.2, 0) is 11.2 Å². The first kappa shape index (κ1) is 21.7. The number of carbonyl (C=O) groups excluding carboxylic acids is 1. The third kappa shape index (κ3) is 5.71. The number of carboxylic acids is 1. The van der Waals surface area contributed by atoms with Gasteiger partial charge in [-0.15, -0.1) is 0 Å². The molecular weight excluding hydrogens is 390 g/mol. The summed E-state index contributed by atoms with van der Waals surface area (Å²) in [5, 5.41) is 22.7.